The molecule has 0 aromatic carbocycles. The number of hydrogen-bond donors (Lipinski definition) is 0. The van der Waals surface area contributed by atoms with Gasteiger partial charge in [0.05, 0.1) is 0 Å². The van der Waals surface area contributed by atoms with Crippen molar-refractivity contribution in [1.82, 2.24) is 9.80 Å². The van der Waals surface area contributed by atoms with Crippen LogP contribution in [0.15, 0.2) is 0 Å². The van der Waals surface area contributed by atoms with Crippen LogP contribution in [0.3, 0.4) is 0 Å². The van der Waals surface area contributed by atoms with E-state index < -0.39 is 0 Å². The summed E-state index contributed by atoms with van der Waals surface area (Å²) in [4.78, 5) is 5.53. The minimum absolute atomic E-state index is 0.756. The molecule has 134 valence electrons. The van der Waals surface area contributed by atoms with Crippen molar-refractivity contribution in [3.05, 3.63) is 0 Å². The first-order chi connectivity index (χ1) is 10.7. The van der Waals surface area contributed by atoms with Crippen LogP contribution in [0.5, 0.6) is 0 Å². The summed E-state index contributed by atoms with van der Waals surface area (Å²) in [6, 6.07) is 0.756. The van der Waals surface area contributed by atoms with Gasteiger partial charge in [0.25, 0.3) is 0 Å². The highest BCUT2D eigenvalue weighted by Crippen LogP contribution is 2.12. The molecule has 1 atom stereocenters. The second-order valence-electron chi connectivity index (χ2n) is 6.81. The van der Waals surface area contributed by atoms with Gasteiger partial charge >= 0.3 is 0 Å². The van der Waals surface area contributed by atoms with Crippen molar-refractivity contribution < 1.29 is 0 Å². The van der Waals surface area contributed by atoms with Crippen LogP contribution in [0.1, 0.15) is 92.4 Å². The van der Waals surface area contributed by atoms with Crippen LogP contribution in [-0.4, -0.2) is 48.6 Å². The average molecular weight is 313 g/mol. The summed E-state index contributed by atoms with van der Waals surface area (Å²) < 4.78 is 0. The molecule has 0 aliphatic rings. The fraction of sp³-hybridized carbons (Fsp3) is 1.00. The van der Waals surface area contributed by atoms with E-state index in [0.717, 1.165) is 6.04 Å². The maximum absolute atomic E-state index is 2.79. The second kappa shape index (κ2) is 15.8. The number of unbranched alkanes of at least 4 members (excludes halogenated alkanes) is 4. The monoisotopic (exact) mass is 312 g/mol. The number of nitrogens with zero attached hydrogens (tertiary/aromatic N) is 2. The molecule has 0 unspecified atom stereocenters. The van der Waals surface area contributed by atoms with E-state index in [9.17, 15) is 0 Å². The smallest absolute Gasteiger partial charge is 0.0220 e. The Kier molecular flexibility index (Phi) is 15.7. The fourth-order valence-electron chi connectivity index (χ4n) is 3.06. The summed E-state index contributed by atoms with van der Waals surface area (Å²) in [5, 5.41) is 0. The number of rotatable bonds is 16. The first-order valence-electron chi connectivity index (χ1n) is 10.2. The summed E-state index contributed by atoms with van der Waals surface area (Å²) in [6.45, 7) is 18.1. The highest BCUT2D eigenvalue weighted by atomic mass is 15.2. The molecule has 0 heterocycles. The second-order valence-corrected chi connectivity index (χ2v) is 6.81. The van der Waals surface area contributed by atoms with Crippen molar-refractivity contribution in [3.8, 4) is 0 Å². The van der Waals surface area contributed by atoms with Crippen LogP contribution < -0.4 is 0 Å². The molecule has 0 spiro atoms. The summed E-state index contributed by atoms with van der Waals surface area (Å²) in [7, 11) is 0. The molecule has 22 heavy (non-hydrogen) atoms. The van der Waals surface area contributed by atoms with Crippen LogP contribution in [0.4, 0.5) is 0 Å². The molecular formula is C20H44N2. The van der Waals surface area contributed by atoms with Gasteiger partial charge in [-0.2, -0.15) is 0 Å². The Balaban J connectivity index is 4.57. The minimum Gasteiger partial charge on any atom is -0.302 e. The van der Waals surface area contributed by atoms with Gasteiger partial charge in [-0.1, -0.05) is 60.3 Å². The fourth-order valence-corrected chi connectivity index (χ4v) is 3.06. The SMILES string of the molecule is CCCCN(CCCC)C[C@H](CC)N(CCCC)CCCC. The normalized spacial score (nSPS) is 13.2. The first kappa shape index (κ1) is 21.9. The Hall–Kier alpha value is -0.0800. The van der Waals surface area contributed by atoms with E-state index in [0.29, 0.717) is 0 Å². The molecule has 0 radical (unpaired) electrons. The average Bonchev–Trinajstić information content (AvgIpc) is 2.55. The van der Waals surface area contributed by atoms with E-state index >= 15 is 0 Å². The highest BCUT2D eigenvalue weighted by molar-refractivity contribution is 4.75. The highest BCUT2D eigenvalue weighted by Gasteiger charge is 2.19. The largest absolute Gasteiger partial charge is 0.302 e. The zero-order chi connectivity index (χ0) is 16.6. The predicted octanol–water partition coefficient (Wildman–Crippen LogP) is 5.57. The van der Waals surface area contributed by atoms with Crippen LogP contribution in [-0.2, 0) is 0 Å². The van der Waals surface area contributed by atoms with Crippen molar-refractivity contribution in [1.29, 1.82) is 0 Å². The molecule has 0 aromatic heterocycles. The van der Waals surface area contributed by atoms with Gasteiger partial charge in [-0.15, -0.1) is 0 Å². The van der Waals surface area contributed by atoms with Crippen molar-refractivity contribution >= 4 is 0 Å². The Bertz CT molecular complexity index is 202. The zero-order valence-corrected chi connectivity index (χ0v) is 16.4. The maximum Gasteiger partial charge on any atom is 0.0220 e. The van der Waals surface area contributed by atoms with Gasteiger partial charge in [0.15, 0.2) is 0 Å². The van der Waals surface area contributed by atoms with Crippen LogP contribution in [0, 0.1) is 0 Å². The summed E-state index contributed by atoms with van der Waals surface area (Å²) in [5.74, 6) is 0. The molecule has 2 heteroatoms. The standard InChI is InChI=1S/C20H44N2/c1-6-11-15-21(16-12-7-2)19-20(10-5)22(17-13-8-3)18-14-9-4/h20H,6-19H2,1-5H3/t20-/m0/s1. The van der Waals surface area contributed by atoms with E-state index in [4.69, 9.17) is 0 Å². The van der Waals surface area contributed by atoms with Crippen molar-refractivity contribution in [2.75, 3.05) is 32.7 Å². The Morgan fingerprint density at radius 2 is 1.00 bits per heavy atom. The molecule has 0 aliphatic heterocycles. The lowest BCUT2D eigenvalue weighted by Gasteiger charge is -2.35. The molecule has 0 aromatic rings. The van der Waals surface area contributed by atoms with Gasteiger partial charge in [0.1, 0.15) is 0 Å². The van der Waals surface area contributed by atoms with E-state index in [1.165, 1.54) is 90.5 Å². The van der Waals surface area contributed by atoms with E-state index in [1.807, 2.05) is 0 Å². The Morgan fingerprint density at radius 1 is 0.591 bits per heavy atom. The van der Waals surface area contributed by atoms with Gasteiger partial charge in [-0.25, -0.2) is 0 Å². The lowest BCUT2D eigenvalue weighted by atomic mass is 10.1. The van der Waals surface area contributed by atoms with Gasteiger partial charge in [-0.3, -0.25) is 4.90 Å². The van der Waals surface area contributed by atoms with Gasteiger partial charge in [-0.05, 0) is 58.3 Å². The topological polar surface area (TPSA) is 6.48 Å². The third-order valence-electron chi connectivity index (χ3n) is 4.71. The molecule has 0 aliphatic carbocycles. The molecule has 0 saturated heterocycles. The Labute approximate surface area is 141 Å². The zero-order valence-electron chi connectivity index (χ0n) is 16.4. The van der Waals surface area contributed by atoms with E-state index in [2.05, 4.69) is 44.4 Å². The van der Waals surface area contributed by atoms with E-state index in [-0.39, 0.29) is 0 Å². The first-order valence-corrected chi connectivity index (χ1v) is 10.2. The number of hydrogen-bond acceptors (Lipinski definition) is 2. The van der Waals surface area contributed by atoms with Crippen LogP contribution >= 0.6 is 0 Å². The molecule has 0 rings (SSSR count). The van der Waals surface area contributed by atoms with Crippen molar-refractivity contribution in [3.63, 3.8) is 0 Å². The van der Waals surface area contributed by atoms with Crippen molar-refractivity contribution in [2.24, 2.45) is 0 Å². The van der Waals surface area contributed by atoms with Crippen LogP contribution in [0.25, 0.3) is 0 Å². The third-order valence-corrected chi connectivity index (χ3v) is 4.71. The van der Waals surface area contributed by atoms with Gasteiger partial charge in [0, 0.05) is 12.6 Å². The molecule has 0 saturated carbocycles. The molecule has 0 bridgehead atoms. The third kappa shape index (κ3) is 10.6. The molecule has 2 nitrogen and oxygen atoms in total. The quantitative estimate of drug-likeness (QED) is 0.367. The minimum atomic E-state index is 0.756. The summed E-state index contributed by atoms with van der Waals surface area (Å²) in [5.41, 5.74) is 0. The summed E-state index contributed by atoms with van der Waals surface area (Å²) >= 11 is 0. The molecule has 0 N–H and O–H groups in total. The van der Waals surface area contributed by atoms with Crippen LogP contribution in [0.2, 0.25) is 0 Å². The van der Waals surface area contributed by atoms with Crippen molar-refractivity contribution in [2.45, 2.75) is 98.4 Å². The lowest BCUT2D eigenvalue weighted by Crippen LogP contribution is -2.45. The molecular weight excluding hydrogens is 268 g/mol. The lowest BCUT2D eigenvalue weighted by molar-refractivity contribution is 0.128. The van der Waals surface area contributed by atoms with Gasteiger partial charge in [0.2, 0.25) is 0 Å². The maximum atomic E-state index is 2.79. The van der Waals surface area contributed by atoms with E-state index in [1.54, 1.807) is 0 Å². The Morgan fingerprint density at radius 3 is 1.36 bits per heavy atom. The molecule has 0 amide bonds. The predicted molar refractivity (Wildman–Crippen MR) is 102 cm³/mol. The summed E-state index contributed by atoms with van der Waals surface area (Å²) in [6.07, 6.45) is 12.0. The van der Waals surface area contributed by atoms with Gasteiger partial charge < -0.3 is 4.90 Å². The molecule has 0 fully saturated rings.